The average Bonchev–Trinajstić information content (AvgIpc) is 1.62. The second kappa shape index (κ2) is 2.17. The SMILES string of the molecule is CC(O)(O)C(N)(O)C(N)=O. The lowest BCUT2D eigenvalue weighted by Gasteiger charge is -2.29. The van der Waals surface area contributed by atoms with Crippen LogP contribution in [0.4, 0.5) is 0 Å². The molecule has 10 heavy (non-hydrogen) atoms. The maximum absolute atomic E-state index is 10.2. The fourth-order valence-corrected chi connectivity index (χ4v) is 0.233. The van der Waals surface area contributed by atoms with E-state index in [4.69, 9.17) is 21.1 Å². The van der Waals surface area contributed by atoms with Gasteiger partial charge >= 0.3 is 0 Å². The van der Waals surface area contributed by atoms with Crippen LogP contribution in [0.1, 0.15) is 6.92 Å². The minimum absolute atomic E-state index is 0.748. The van der Waals surface area contributed by atoms with E-state index in [1.807, 2.05) is 0 Å². The van der Waals surface area contributed by atoms with E-state index >= 15 is 0 Å². The third-order valence-electron chi connectivity index (χ3n) is 1.10. The van der Waals surface area contributed by atoms with Crippen molar-refractivity contribution in [2.75, 3.05) is 0 Å². The molecule has 0 radical (unpaired) electrons. The van der Waals surface area contributed by atoms with Gasteiger partial charge in [0.05, 0.1) is 0 Å². The molecule has 0 aliphatic rings. The fourth-order valence-electron chi connectivity index (χ4n) is 0.233. The normalized spacial score (nSPS) is 18.1. The maximum Gasteiger partial charge on any atom is 0.270 e. The summed E-state index contributed by atoms with van der Waals surface area (Å²) in [7, 11) is 0. The summed E-state index contributed by atoms with van der Waals surface area (Å²) in [6.45, 7) is 0.748. The van der Waals surface area contributed by atoms with Crippen molar-refractivity contribution in [3.8, 4) is 0 Å². The highest BCUT2D eigenvalue weighted by Gasteiger charge is 2.46. The van der Waals surface area contributed by atoms with Gasteiger partial charge in [0, 0.05) is 0 Å². The summed E-state index contributed by atoms with van der Waals surface area (Å²) in [6.07, 6.45) is 0. The van der Waals surface area contributed by atoms with Crippen molar-refractivity contribution < 1.29 is 20.1 Å². The van der Waals surface area contributed by atoms with E-state index in [9.17, 15) is 4.79 Å². The first-order chi connectivity index (χ1) is 4.19. The molecule has 0 aromatic rings. The predicted molar refractivity (Wildman–Crippen MR) is 31.2 cm³/mol. The first-order valence-corrected chi connectivity index (χ1v) is 2.45. The van der Waals surface area contributed by atoms with Crippen molar-refractivity contribution in [3.63, 3.8) is 0 Å². The number of aliphatic hydroxyl groups is 3. The van der Waals surface area contributed by atoms with E-state index in [2.05, 4.69) is 5.73 Å². The Bertz CT molecular complexity index is 148. The molecule has 6 heteroatoms. The van der Waals surface area contributed by atoms with E-state index in [1.54, 1.807) is 0 Å². The molecule has 0 aliphatic carbocycles. The van der Waals surface area contributed by atoms with Crippen molar-refractivity contribution in [2.24, 2.45) is 11.5 Å². The summed E-state index contributed by atoms with van der Waals surface area (Å²) in [5, 5.41) is 25.9. The molecule has 0 spiro atoms. The summed E-state index contributed by atoms with van der Waals surface area (Å²) in [5.41, 5.74) is 6.43. The summed E-state index contributed by atoms with van der Waals surface area (Å²) in [6, 6.07) is 0. The van der Waals surface area contributed by atoms with Crippen LogP contribution in [0.3, 0.4) is 0 Å². The van der Waals surface area contributed by atoms with Crippen LogP contribution in [0.2, 0.25) is 0 Å². The Labute approximate surface area is 57.1 Å². The number of carbonyl (C=O) groups is 1. The maximum atomic E-state index is 10.2. The average molecular weight is 150 g/mol. The zero-order valence-corrected chi connectivity index (χ0v) is 5.40. The topological polar surface area (TPSA) is 130 Å². The van der Waals surface area contributed by atoms with Crippen molar-refractivity contribution in [1.82, 2.24) is 0 Å². The molecular weight excluding hydrogens is 140 g/mol. The van der Waals surface area contributed by atoms with Crippen LogP contribution in [0.15, 0.2) is 0 Å². The van der Waals surface area contributed by atoms with Crippen molar-refractivity contribution in [1.29, 1.82) is 0 Å². The molecule has 0 heterocycles. The van der Waals surface area contributed by atoms with Gasteiger partial charge in [-0.05, 0) is 6.92 Å². The second-order valence-electron chi connectivity index (χ2n) is 2.15. The lowest BCUT2D eigenvalue weighted by Crippen LogP contribution is -2.66. The highest BCUT2D eigenvalue weighted by atomic mass is 16.5. The largest absolute Gasteiger partial charge is 0.366 e. The highest BCUT2D eigenvalue weighted by molar-refractivity contribution is 5.83. The number of primary amides is 1. The molecule has 0 aromatic carbocycles. The van der Waals surface area contributed by atoms with Gasteiger partial charge in [-0.3, -0.25) is 10.5 Å². The van der Waals surface area contributed by atoms with Gasteiger partial charge in [-0.1, -0.05) is 0 Å². The van der Waals surface area contributed by atoms with Crippen LogP contribution in [0.5, 0.6) is 0 Å². The molecule has 0 bridgehead atoms. The van der Waals surface area contributed by atoms with Crippen LogP contribution < -0.4 is 11.5 Å². The Morgan fingerprint density at radius 3 is 1.70 bits per heavy atom. The quantitative estimate of drug-likeness (QED) is 0.265. The molecule has 0 aromatic heterocycles. The van der Waals surface area contributed by atoms with Gasteiger partial charge in [0.2, 0.25) is 11.5 Å². The smallest absolute Gasteiger partial charge is 0.270 e. The van der Waals surface area contributed by atoms with E-state index in [0.29, 0.717) is 0 Å². The lowest BCUT2D eigenvalue weighted by molar-refractivity contribution is -0.251. The van der Waals surface area contributed by atoms with E-state index < -0.39 is 17.4 Å². The first-order valence-electron chi connectivity index (χ1n) is 2.45. The van der Waals surface area contributed by atoms with Gasteiger partial charge in [0.1, 0.15) is 0 Å². The molecular formula is C4H10N2O4. The number of amides is 1. The Hall–Kier alpha value is -0.690. The molecule has 1 atom stereocenters. The highest BCUT2D eigenvalue weighted by Crippen LogP contribution is 2.11. The first kappa shape index (κ1) is 9.31. The number of carbonyl (C=O) groups excluding carboxylic acids is 1. The molecule has 1 unspecified atom stereocenters. The standard InChI is InChI=1S/C4H10N2O4/c1-3(8,9)4(6,10)2(5)7/h8-10H,6H2,1H3,(H2,5,7). The van der Waals surface area contributed by atoms with Crippen molar-refractivity contribution >= 4 is 5.91 Å². The zero-order valence-electron chi connectivity index (χ0n) is 5.40. The monoisotopic (exact) mass is 150 g/mol. The van der Waals surface area contributed by atoms with Crippen molar-refractivity contribution in [2.45, 2.75) is 18.4 Å². The van der Waals surface area contributed by atoms with Gasteiger partial charge in [-0.2, -0.15) is 0 Å². The van der Waals surface area contributed by atoms with E-state index in [0.717, 1.165) is 6.92 Å². The molecule has 0 saturated carbocycles. The van der Waals surface area contributed by atoms with Crippen LogP contribution in [-0.2, 0) is 4.79 Å². The Kier molecular flexibility index (Phi) is 2.02. The lowest BCUT2D eigenvalue weighted by atomic mass is 10.1. The molecule has 6 nitrogen and oxygen atoms in total. The van der Waals surface area contributed by atoms with Crippen LogP contribution in [-0.4, -0.2) is 32.7 Å². The third-order valence-corrected chi connectivity index (χ3v) is 1.10. The molecule has 1 amide bonds. The predicted octanol–water partition coefficient (Wildman–Crippen LogP) is -3.18. The Morgan fingerprint density at radius 2 is 1.70 bits per heavy atom. The number of hydrogen-bond acceptors (Lipinski definition) is 5. The summed E-state index contributed by atoms with van der Waals surface area (Å²) in [5.74, 6) is -4.13. The molecule has 0 rings (SSSR count). The Morgan fingerprint density at radius 1 is 1.40 bits per heavy atom. The third kappa shape index (κ3) is 1.42. The Balaban J connectivity index is 4.57. The van der Waals surface area contributed by atoms with E-state index in [-0.39, 0.29) is 0 Å². The summed E-state index contributed by atoms with van der Waals surface area (Å²) in [4.78, 5) is 10.2. The molecule has 60 valence electrons. The van der Waals surface area contributed by atoms with Gasteiger partial charge < -0.3 is 21.1 Å². The zero-order chi connectivity index (χ0) is 8.58. The number of hydrogen-bond donors (Lipinski definition) is 5. The van der Waals surface area contributed by atoms with Gasteiger partial charge in [0.15, 0.2) is 0 Å². The van der Waals surface area contributed by atoms with E-state index in [1.165, 1.54) is 0 Å². The molecule has 0 fully saturated rings. The second-order valence-corrected chi connectivity index (χ2v) is 2.15. The summed E-state index contributed by atoms with van der Waals surface area (Å²) >= 11 is 0. The number of rotatable bonds is 2. The number of nitrogens with two attached hydrogens (primary N) is 2. The molecule has 0 saturated heterocycles. The fraction of sp³-hybridized carbons (Fsp3) is 0.750. The molecule has 7 N–H and O–H groups in total. The van der Waals surface area contributed by atoms with Gasteiger partial charge in [-0.25, -0.2) is 0 Å². The molecule has 0 aliphatic heterocycles. The van der Waals surface area contributed by atoms with Crippen molar-refractivity contribution in [3.05, 3.63) is 0 Å². The minimum atomic E-state index is -2.81. The van der Waals surface area contributed by atoms with Crippen LogP contribution in [0, 0.1) is 0 Å². The minimum Gasteiger partial charge on any atom is -0.366 e. The van der Waals surface area contributed by atoms with Crippen LogP contribution in [0.25, 0.3) is 0 Å². The van der Waals surface area contributed by atoms with Gasteiger partial charge in [-0.15, -0.1) is 0 Å². The van der Waals surface area contributed by atoms with Gasteiger partial charge in [0.25, 0.3) is 5.91 Å². The van der Waals surface area contributed by atoms with Crippen LogP contribution >= 0.6 is 0 Å². The summed E-state index contributed by atoms with van der Waals surface area (Å²) < 4.78 is 0.